The van der Waals surface area contributed by atoms with Crippen LogP contribution in [0.15, 0.2) is 29.8 Å². The van der Waals surface area contributed by atoms with Gasteiger partial charge in [0.05, 0.1) is 0 Å². The number of hydrogen-bond donors (Lipinski definition) is 0. The smallest absolute Gasteiger partial charge is 0.189 e. The molecule has 0 radical (unpaired) electrons. The Morgan fingerprint density at radius 1 is 1.06 bits per heavy atom. The molecule has 90 valence electrons. The summed E-state index contributed by atoms with van der Waals surface area (Å²) < 4.78 is 0. The normalized spacial score (nSPS) is 15.2. The van der Waals surface area contributed by atoms with E-state index in [4.69, 9.17) is 0 Å². The van der Waals surface area contributed by atoms with E-state index in [-0.39, 0.29) is 5.78 Å². The largest absolute Gasteiger partial charge is 0.289 e. The number of benzene rings is 1. The van der Waals surface area contributed by atoms with Crippen LogP contribution in [0.5, 0.6) is 0 Å². The molecule has 0 atom stereocenters. The van der Waals surface area contributed by atoms with Crippen LogP contribution < -0.4 is 0 Å². The van der Waals surface area contributed by atoms with Gasteiger partial charge in [-0.25, -0.2) is 0 Å². The van der Waals surface area contributed by atoms with Gasteiger partial charge in [-0.15, -0.1) is 0 Å². The van der Waals surface area contributed by atoms with Gasteiger partial charge in [0.15, 0.2) is 5.78 Å². The fraction of sp³-hybridized carbons (Fsp3) is 0.438. The molecule has 0 amide bonds. The molecule has 1 aromatic carbocycles. The summed E-state index contributed by atoms with van der Waals surface area (Å²) in [6.45, 7) is 8.49. The maximum absolute atomic E-state index is 12.4. The topological polar surface area (TPSA) is 17.1 Å². The first kappa shape index (κ1) is 12.1. The summed E-state index contributed by atoms with van der Waals surface area (Å²) in [5, 5.41) is 0. The third-order valence-corrected chi connectivity index (χ3v) is 3.47. The number of carbonyl (C=O) groups is 1. The van der Waals surface area contributed by atoms with Gasteiger partial charge in [0.1, 0.15) is 0 Å². The van der Waals surface area contributed by atoms with Gasteiger partial charge in [-0.3, -0.25) is 4.79 Å². The Hall–Kier alpha value is -1.37. The lowest BCUT2D eigenvalue weighted by Gasteiger charge is -2.19. The second kappa shape index (κ2) is 4.48. The van der Waals surface area contributed by atoms with Crippen molar-refractivity contribution in [3.05, 3.63) is 46.5 Å². The first-order valence-corrected chi connectivity index (χ1v) is 6.38. The molecule has 0 fully saturated rings. The minimum absolute atomic E-state index is 0.226. The van der Waals surface area contributed by atoms with Gasteiger partial charge in [-0.1, -0.05) is 45.9 Å². The van der Waals surface area contributed by atoms with Gasteiger partial charge >= 0.3 is 0 Å². The second-order valence-electron chi connectivity index (χ2n) is 5.42. The zero-order valence-corrected chi connectivity index (χ0v) is 11.1. The van der Waals surface area contributed by atoms with Crippen molar-refractivity contribution in [2.24, 2.45) is 5.92 Å². The predicted octanol–water partition coefficient (Wildman–Crippen LogP) is 4.13. The lowest BCUT2D eigenvalue weighted by atomic mass is 9.83. The van der Waals surface area contributed by atoms with E-state index in [9.17, 15) is 4.79 Å². The lowest BCUT2D eigenvalue weighted by molar-refractivity contribution is 0.102. The number of rotatable bonds is 2. The molecule has 0 aliphatic heterocycles. The number of hydrogen-bond acceptors (Lipinski definition) is 1. The first-order valence-electron chi connectivity index (χ1n) is 6.38. The number of ketones is 1. The number of allylic oxidation sites excluding steroid dienone is 2. The molecular weight excluding hydrogens is 208 g/mol. The van der Waals surface area contributed by atoms with E-state index in [2.05, 4.69) is 52.0 Å². The van der Waals surface area contributed by atoms with Crippen LogP contribution in [0.2, 0.25) is 0 Å². The van der Waals surface area contributed by atoms with E-state index >= 15 is 0 Å². The molecule has 0 unspecified atom stereocenters. The molecule has 1 heteroatoms. The molecule has 2 rings (SSSR count). The quantitative estimate of drug-likeness (QED) is 0.743. The van der Waals surface area contributed by atoms with Crippen molar-refractivity contribution >= 4 is 5.78 Å². The molecule has 17 heavy (non-hydrogen) atoms. The summed E-state index contributed by atoms with van der Waals surface area (Å²) in [6.07, 6.45) is 2.98. The zero-order valence-electron chi connectivity index (χ0n) is 11.1. The summed E-state index contributed by atoms with van der Waals surface area (Å²) in [6, 6.07) is 6.33. The molecule has 1 aliphatic carbocycles. The van der Waals surface area contributed by atoms with Gasteiger partial charge in [-0.05, 0) is 41.0 Å². The molecule has 0 saturated carbocycles. The van der Waals surface area contributed by atoms with Gasteiger partial charge in [0, 0.05) is 5.56 Å². The highest BCUT2D eigenvalue weighted by atomic mass is 16.1. The Balaban J connectivity index is 2.44. The van der Waals surface area contributed by atoms with Crippen molar-refractivity contribution in [3.8, 4) is 0 Å². The molecule has 0 saturated heterocycles. The molecule has 0 N–H and O–H groups in total. The number of fused-ring (bicyclic) bond motifs is 1. The summed E-state index contributed by atoms with van der Waals surface area (Å²) in [7, 11) is 0. The average molecular weight is 228 g/mol. The molecule has 1 aliphatic rings. The highest BCUT2D eigenvalue weighted by molar-refractivity contribution is 6.11. The number of Topliss-reactive ketones (excluding diaryl/α,β-unsaturated/α-hetero) is 1. The maximum atomic E-state index is 12.4. The van der Waals surface area contributed by atoms with Gasteiger partial charge in [-0.2, -0.15) is 0 Å². The molecular formula is C16H20O. The third kappa shape index (κ3) is 2.19. The van der Waals surface area contributed by atoms with E-state index in [1.807, 2.05) is 0 Å². The standard InChI is InChI=1S/C16H20O/c1-10(2)13-6-5-12-7-8-14(11(3)4)16(17)15(12)9-13/h5-6,8-11H,7H2,1-4H3. The third-order valence-electron chi connectivity index (χ3n) is 3.47. The van der Waals surface area contributed by atoms with E-state index in [1.165, 1.54) is 11.1 Å². The van der Waals surface area contributed by atoms with E-state index in [0.717, 1.165) is 17.6 Å². The Kier molecular flexibility index (Phi) is 3.19. The van der Waals surface area contributed by atoms with Crippen molar-refractivity contribution in [2.75, 3.05) is 0 Å². The average Bonchev–Trinajstić information content (AvgIpc) is 2.28. The molecule has 0 heterocycles. The van der Waals surface area contributed by atoms with E-state index in [0.29, 0.717) is 11.8 Å². The molecule has 1 aromatic rings. The van der Waals surface area contributed by atoms with Crippen LogP contribution in [-0.2, 0) is 6.42 Å². The van der Waals surface area contributed by atoms with Crippen LogP contribution in [0.3, 0.4) is 0 Å². The Morgan fingerprint density at radius 3 is 2.35 bits per heavy atom. The summed E-state index contributed by atoms with van der Waals surface area (Å²) in [5.41, 5.74) is 4.31. The van der Waals surface area contributed by atoms with Crippen molar-refractivity contribution in [1.82, 2.24) is 0 Å². The van der Waals surface area contributed by atoms with Gasteiger partial charge in [0.2, 0.25) is 0 Å². The summed E-state index contributed by atoms with van der Waals surface area (Å²) in [4.78, 5) is 12.4. The summed E-state index contributed by atoms with van der Waals surface area (Å²) >= 11 is 0. The molecule has 0 aromatic heterocycles. The summed E-state index contributed by atoms with van der Waals surface area (Å²) in [5.74, 6) is 1.02. The zero-order chi connectivity index (χ0) is 12.6. The van der Waals surface area contributed by atoms with Crippen LogP contribution in [0.4, 0.5) is 0 Å². The lowest BCUT2D eigenvalue weighted by Crippen LogP contribution is -2.16. The van der Waals surface area contributed by atoms with Crippen molar-refractivity contribution < 1.29 is 4.79 Å². The SMILES string of the molecule is CC(C)C1=CCc2ccc(C(C)C)cc2C1=O. The monoisotopic (exact) mass is 228 g/mol. The molecule has 1 nitrogen and oxygen atoms in total. The minimum atomic E-state index is 0.226. The van der Waals surface area contributed by atoms with Gasteiger partial charge in [0.25, 0.3) is 0 Å². The van der Waals surface area contributed by atoms with E-state index in [1.54, 1.807) is 0 Å². The van der Waals surface area contributed by atoms with Crippen molar-refractivity contribution in [1.29, 1.82) is 0 Å². The Morgan fingerprint density at radius 2 is 1.76 bits per heavy atom. The molecule has 0 bridgehead atoms. The molecule has 0 spiro atoms. The van der Waals surface area contributed by atoms with Crippen LogP contribution in [-0.4, -0.2) is 5.78 Å². The number of carbonyl (C=O) groups excluding carboxylic acids is 1. The fourth-order valence-electron chi connectivity index (χ4n) is 2.31. The highest BCUT2D eigenvalue weighted by Gasteiger charge is 2.22. The van der Waals surface area contributed by atoms with Crippen LogP contribution in [0.1, 0.15) is 55.1 Å². The second-order valence-corrected chi connectivity index (χ2v) is 5.42. The van der Waals surface area contributed by atoms with Crippen LogP contribution in [0.25, 0.3) is 0 Å². The first-order chi connectivity index (χ1) is 8.00. The van der Waals surface area contributed by atoms with Crippen LogP contribution >= 0.6 is 0 Å². The maximum Gasteiger partial charge on any atom is 0.189 e. The fourth-order valence-corrected chi connectivity index (χ4v) is 2.31. The van der Waals surface area contributed by atoms with Crippen LogP contribution in [0, 0.1) is 5.92 Å². The Labute approximate surface area is 104 Å². The Bertz CT molecular complexity index is 478. The van der Waals surface area contributed by atoms with Crippen molar-refractivity contribution in [2.45, 2.75) is 40.0 Å². The van der Waals surface area contributed by atoms with E-state index < -0.39 is 0 Å². The minimum Gasteiger partial charge on any atom is -0.289 e. The highest BCUT2D eigenvalue weighted by Crippen LogP contribution is 2.28. The van der Waals surface area contributed by atoms with Gasteiger partial charge < -0.3 is 0 Å². The predicted molar refractivity (Wildman–Crippen MR) is 71.5 cm³/mol. The van der Waals surface area contributed by atoms with Crippen molar-refractivity contribution in [3.63, 3.8) is 0 Å².